The summed E-state index contributed by atoms with van der Waals surface area (Å²) in [6.45, 7) is 3.37. The number of aliphatic hydroxyl groups excluding tert-OH is 1. The van der Waals surface area contributed by atoms with E-state index < -0.39 is 6.23 Å². The van der Waals surface area contributed by atoms with Gasteiger partial charge in [0, 0.05) is 19.0 Å². The standard InChI is InChI=1S/C11H14N2O2/c1-7-6-9-10(4-3-5-12-9)13(8(2)14)11(7)15/h3-5,7,11,15H,6H2,1-2H3/t7-,11+/m1/s1. The highest BCUT2D eigenvalue weighted by Gasteiger charge is 2.33. The summed E-state index contributed by atoms with van der Waals surface area (Å²) >= 11 is 0. The van der Waals surface area contributed by atoms with Gasteiger partial charge in [-0.15, -0.1) is 0 Å². The van der Waals surface area contributed by atoms with Gasteiger partial charge < -0.3 is 5.11 Å². The first-order chi connectivity index (χ1) is 7.11. The maximum absolute atomic E-state index is 11.5. The van der Waals surface area contributed by atoms with Gasteiger partial charge in [-0.1, -0.05) is 6.92 Å². The average molecular weight is 206 g/mol. The van der Waals surface area contributed by atoms with Gasteiger partial charge in [0.2, 0.25) is 5.91 Å². The lowest BCUT2D eigenvalue weighted by Crippen LogP contribution is -2.47. The lowest BCUT2D eigenvalue weighted by atomic mass is 9.96. The fourth-order valence-corrected chi connectivity index (χ4v) is 1.97. The third kappa shape index (κ3) is 1.61. The van der Waals surface area contributed by atoms with E-state index in [0.29, 0.717) is 6.42 Å². The van der Waals surface area contributed by atoms with Crippen molar-refractivity contribution < 1.29 is 9.90 Å². The molecule has 1 amide bonds. The molecule has 2 heterocycles. The van der Waals surface area contributed by atoms with Crippen LogP contribution in [0.3, 0.4) is 0 Å². The Hall–Kier alpha value is -1.42. The lowest BCUT2D eigenvalue weighted by Gasteiger charge is -2.36. The SMILES string of the molecule is CC(=O)N1c2cccnc2C[C@@H](C)[C@@H]1O. The van der Waals surface area contributed by atoms with Gasteiger partial charge >= 0.3 is 0 Å². The molecule has 0 saturated carbocycles. The molecule has 2 rings (SSSR count). The number of pyridine rings is 1. The molecule has 1 aliphatic heterocycles. The second-order valence-corrected chi connectivity index (χ2v) is 3.95. The smallest absolute Gasteiger partial charge is 0.226 e. The molecule has 0 bridgehead atoms. The number of hydrogen-bond acceptors (Lipinski definition) is 3. The van der Waals surface area contributed by atoms with Crippen molar-refractivity contribution in [2.24, 2.45) is 5.92 Å². The zero-order chi connectivity index (χ0) is 11.0. The first kappa shape index (κ1) is 10.1. The third-order valence-corrected chi connectivity index (χ3v) is 2.75. The summed E-state index contributed by atoms with van der Waals surface area (Å²) in [6.07, 6.45) is 1.68. The van der Waals surface area contributed by atoms with Crippen molar-refractivity contribution in [3.63, 3.8) is 0 Å². The van der Waals surface area contributed by atoms with Gasteiger partial charge in [-0.25, -0.2) is 0 Å². The first-order valence-electron chi connectivity index (χ1n) is 5.03. The molecule has 0 radical (unpaired) electrons. The molecule has 80 valence electrons. The molecule has 0 spiro atoms. The summed E-state index contributed by atoms with van der Waals surface area (Å²) in [4.78, 5) is 17.1. The van der Waals surface area contributed by atoms with E-state index in [4.69, 9.17) is 0 Å². The third-order valence-electron chi connectivity index (χ3n) is 2.75. The van der Waals surface area contributed by atoms with Crippen molar-refractivity contribution in [3.8, 4) is 0 Å². The Morgan fingerprint density at radius 1 is 1.67 bits per heavy atom. The highest BCUT2D eigenvalue weighted by Crippen LogP contribution is 2.31. The number of aromatic nitrogens is 1. The molecule has 1 aromatic heterocycles. The second kappa shape index (κ2) is 3.62. The van der Waals surface area contributed by atoms with Crippen LogP contribution in [-0.4, -0.2) is 22.2 Å². The number of aliphatic hydroxyl groups is 1. The van der Waals surface area contributed by atoms with Crippen molar-refractivity contribution in [1.29, 1.82) is 0 Å². The van der Waals surface area contributed by atoms with Crippen molar-refractivity contribution in [3.05, 3.63) is 24.0 Å². The van der Waals surface area contributed by atoms with Crippen LogP contribution in [0.5, 0.6) is 0 Å². The predicted molar refractivity (Wildman–Crippen MR) is 56.3 cm³/mol. The van der Waals surface area contributed by atoms with E-state index in [0.717, 1.165) is 11.4 Å². The average Bonchev–Trinajstić information content (AvgIpc) is 2.19. The number of carbonyl (C=O) groups is 1. The van der Waals surface area contributed by atoms with Crippen LogP contribution >= 0.6 is 0 Å². The van der Waals surface area contributed by atoms with Crippen LogP contribution in [0.4, 0.5) is 5.69 Å². The summed E-state index contributed by atoms with van der Waals surface area (Å²) in [5.74, 6) is -0.125. The van der Waals surface area contributed by atoms with Crippen molar-refractivity contribution in [1.82, 2.24) is 4.98 Å². The minimum Gasteiger partial charge on any atom is -0.373 e. The molecule has 4 heteroatoms. The normalized spacial score (nSPS) is 24.9. The van der Waals surface area contributed by atoms with E-state index in [1.54, 1.807) is 12.3 Å². The van der Waals surface area contributed by atoms with Crippen LogP contribution in [0.2, 0.25) is 0 Å². The molecule has 0 fully saturated rings. The minimum absolute atomic E-state index is 0.0244. The summed E-state index contributed by atoms with van der Waals surface area (Å²) in [7, 11) is 0. The van der Waals surface area contributed by atoms with Gasteiger partial charge in [-0.05, 0) is 18.6 Å². The summed E-state index contributed by atoms with van der Waals surface area (Å²) in [5, 5.41) is 9.93. The molecular formula is C11H14N2O2. The van der Waals surface area contributed by atoms with Crippen molar-refractivity contribution >= 4 is 11.6 Å². The predicted octanol–water partition coefficient (Wildman–Crippen LogP) is 0.945. The Morgan fingerprint density at radius 3 is 3.07 bits per heavy atom. The largest absolute Gasteiger partial charge is 0.373 e. The Morgan fingerprint density at radius 2 is 2.40 bits per heavy atom. The number of nitrogens with zero attached hydrogens (tertiary/aromatic N) is 2. The monoisotopic (exact) mass is 206 g/mol. The van der Waals surface area contributed by atoms with Gasteiger partial charge in [-0.2, -0.15) is 0 Å². The molecule has 0 aromatic carbocycles. The maximum atomic E-state index is 11.5. The molecule has 4 nitrogen and oxygen atoms in total. The molecule has 0 saturated heterocycles. The summed E-state index contributed by atoms with van der Waals surface area (Å²) in [6, 6.07) is 3.59. The van der Waals surface area contributed by atoms with Crippen LogP contribution in [0.15, 0.2) is 18.3 Å². The van der Waals surface area contributed by atoms with Gasteiger partial charge in [0.05, 0.1) is 11.4 Å². The second-order valence-electron chi connectivity index (χ2n) is 3.95. The number of carbonyl (C=O) groups excluding carboxylic acids is 1. The van der Waals surface area contributed by atoms with Crippen molar-refractivity contribution in [2.75, 3.05) is 4.90 Å². The number of fused-ring (bicyclic) bond motifs is 1. The number of anilines is 1. The van der Waals surface area contributed by atoms with Gasteiger partial charge in [0.1, 0.15) is 6.23 Å². The van der Waals surface area contributed by atoms with Gasteiger partial charge in [0.25, 0.3) is 0 Å². The quantitative estimate of drug-likeness (QED) is 0.687. The van der Waals surface area contributed by atoms with E-state index in [2.05, 4.69) is 4.98 Å². The van der Waals surface area contributed by atoms with E-state index in [1.165, 1.54) is 11.8 Å². The Balaban J connectivity index is 2.49. The Kier molecular flexibility index (Phi) is 2.44. The van der Waals surface area contributed by atoms with E-state index in [1.807, 2.05) is 13.0 Å². The van der Waals surface area contributed by atoms with Gasteiger partial charge in [0.15, 0.2) is 0 Å². The highest BCUT2D eigenvalue weighted by molar-refractivity contribution is 5.92. The molecule has 2 atom stereocenters. The van der Waals surface area contributed by atoms with Crippen molar-refractivity contribution in [2.45, 2.75) is 26.5 Å². The lowest BCUT2D eigenvalue weighted by molar-refractivity contribution is -0.119. The molecule has 1 N–H and O–H groups in total. The Bertz CT molecular complexity index is 392. The van der Waals surface area contributed by atoms with Crippen LogP contribution in [0.1, 0.15) is 19.5 Å². The zero-order valence-corrected chi connectivity index (χ0v) is 8.84. The zero-order valence-electron chi connectivity index (χ0n) is 8.84. The topological polar surface area (TPSA) is 53.4 Å². The number of rotatable bonds is 0. The molecule has 15 heavy (non-hydrogen) atoms. The van der Waals surface area contributed by atoms with E-state index >= 15 is 0 Å². The van der Waals surface area contributed by atoms with Crippen LogP contribution in [-0.2, 0) is 11.2 Å². The summed E-state index contributed by atoms with van der Waals surface area (Å²) in [5.41, 5.74) is 1.61. The molecule has 1 aliphatic rings. The highest BCUT2D eigenvalue weighted by atomic mass is 16.3. The molecule has 0 unspecified atom stereocenters. The number of amides is 1. The molecule has 0 aliphatic carbocycles. The minimum atomic E-state index is -0.737. The fraction of sp³-hybridized carbons (Fsp3) is 0.455. The van der Waals surface area contributed by atoms with E-state index in [-0.39, 0.29) is 11.8 Å². The van der Waals surface area contributed by atoms with Crippen LogP contribution in [0, 0.1) is 5.92 Å². The molecular weight excluding hydrogens is 192 g/mol. The summed E-state index contributed by atoms with van der Waals surface area (Å²) < 4.78 is 0. The van der Waals surface area contributed by atoms with Gasteiger partial charge in [-0.3, -0.25) is 14.7 Å². The van der Waals surface area contributed by atoms with E-state index in [9.17, 15) is 9.90 Å². The van der Waals surface area contributed by atoms with Crippen LogP contribution < -0.4 is 4.90 Å². The number of hydrogen-bond donors (Lipinski definition) is 1. The fourth-order valence-electron chi connectivity index (χ4n) is 1.97. The maximum Gasteiger partial charge on any atom is 0.226 e. The first-order valence-corrected chi connectivity index (χ1v) is 5.03. The molecule has 1 aromatic rings. The Labute approximate surface area is 88.6 Å². The van der Waals surface area contributed by atoms with Crippen LogP contribution in [0.25, 0.3) is 0 Å².